The van der Waals surface area contributed by atoms with Gasteiger partial charge in [-0.3, -0.25) is 0 Å². The van der Waals surface area contributed by atoms with Crippen molar-refractivity contribution < 1.29 is 9.84 Å². The Morgan fingerprint density at radius 1 is 1.39 bits per heavy atom. The summed E-state index contributed by atoms with van der Waals surface area (Å²) in [4.78, 5) is 0. The molecule has 0 heterocycles. The van der Waals surface area contributed by atoms with Crippen molar-refractivity contribution in [2.24, 2.45) is 5.92 Å². The Labute approximate surface area is 110 Å². The molecule has 3 atom stereocenters. The second-order valence-corrected chi connectivity index (χ2v) is 5.43. The molecule has 0 spiro atoms. The van der Waals surface area contributed by atoms with Crippen LogP contribution in [-0.2, 0) is 0 Å². The molecule has 1 fully saturated rings. The van der Waals surface area contributed by atoms with E-state index in [0.29, 0.717) is 6.10 Å². The fraction of sp³-hybridized carbons (Fsp3) is 0.625. The van der Waals surface area contributed by atoms with Crippen molar-refractivity contribution in [2.75, 3.05) is 0 Å². The molecule has 100 valence electrons. The van der Waals surface area contributed by atoms with E-state index in [2.05, 4.69) is 6.92 Å². The van der Waals surface area contributed by atoms with Crippen molar-refractivity contribution >= 4 is 0 Å². The summed E-state index contributed by atoms with van der Waals surface area (Å²) in [6.07, 6.45) is 6.15. The molecule has 1 aromatic carbocycles. The van der Waals surface area contributed by atoms with Gasteiger partial charge in [-0.25, -0.2) is 0 Å². The van der Waals surface area contributed by atoms with Gasteiger partial charge in [0.25, 0.3) is 0 Å². The lowest BCUT2D eigenvalue weighted by Crippen LogP contribution is -2.25. The molecule has 0 bridgehead atoms. The molecular weight excluding hydrogens is 224 g/mol. The Bertz CT molecular complexity index is 373. The summed E-state index contributed by atoms with van der Waals surface area (Å²) < 4.78 is 6.07. The molecule has 0 amide bonds. The average Bonchev–Trinajstić information content (AvgIpc) is 2.39. The Balaban J connectivity index is 1.98. The quantitative estimate of drug-likeness (QED) is 0.869. The largest absolute Gasteiger partial charge is 0.490 e. The molecule has 0 saturated heterocycles. The monoisotopic (exact) mass is 248 g/mol. The highest BCUT2D eigenvalue weighted by Crippen LogP contribution is 2.30. The standard InChI is InChI=1S/C16H24O2/c1-3-13-6-4-8-15(10-13)18-16-9-5-7-14(11-16)12(2)17/h5,7,9,11-13,15,17H,3-4,6,8,10H2,1-2H3/t12-,13?,15?/m1/s1. The fourth-order valence-corrected chi connectivity index (χ4v) is 2.76. The van der Waals surface area contributed by atoms with Crippen molar-refractivity contribution in [3.8, 4) is 5.75 Å². The highest BCUT2D eigenvalue weighted by molar-refractivity contribution is 5.29. The molecule has 2 nitrogen and oxygen atoms in total. The number of ether oxygens (including phenoxy) is 1. The van der Waals surface area contributed by atoms with Crippen LogP contribution in [0.3, 0.4) is 0 Å². The molecule has 1 aliphatic carbocycles. The fourth-order valence-electron chi connectivity index (χ4n) is 2.76. The van der Waals surface area contributed by atoms with Gasteiger partial charge in [0.15, 0.2) is 0 Å². The van der Waals surface area contributed by atoms with Crippen molar-refractivity contribution in [2.45, 2.75) is 58.2 Å². The van der Waals surface area contributed by atoms with E-state index in [-0.39, 0.29) is 0 Å². The second-order valence-electron chi connectivity index (χ2n) is 5.43. The van der Waals surface area contributed by atoms with Gasteiger partial charge in [-0.15, -0.1) is 0 Å². The second kappa shape index (κ2) is 6.24. The van der Waals surface area contributed by atoms with Gasteiger partial charge in [-0.05, 0) is 49.8 Å². The van der Waals surface area contributed by atoms with Crippen LogP contribution in [0.4, 0.5) is 0 Å². The van der Waals surface area contributed by atoms with Crippen LogP contribution in [0.25, 0.3) is 0 Å². The van der Waals surface area contributed by atoms with Crippen LogP contribution in [0.5, 0.6) is 5.75 Å². The normalized spacial score (nSPS) is 25.7. The SMILES string of the molecule is CCC1CCCC(Oc2cccc([C@@H](C)O)c2)C1. The smallest absolute Gasteiger partial charge is 0.120 e. The Morgan fingerprint density at radius 2 is 2.22 bits per heavy atom. The van der Waals surface area contributed by atoms with Crippen LogP contribution in [0, 0.1) is 5.92 Å². The predicted octanol–water partition coefficient (Wildman–Crippen LogP) is 4.09. The van der Waals surface area contributed by atoms with E-state index in [1.807, 2.05) is 24.3 Å². The molecule has 1 N–H and O–H groups in total. The van der Waals surface area contributed by atoms with Crippen molar-refractivity contribution in [1.29, 1.82) is 0 Å². The lowest BCUT2D eigenvalue weighted by Gasteiger charge is -2.29. The van der Waals surface area contributed by atoms with E-state index in [4.69, 9.17) is 4.74 Å². The first-order chi connectivity index (χ1) is 8.69. The minimum atomic E-state index is -0.428. The minimum absolute atomic E-state index is 0.355. The lowest BCUT2D eigenvalue weighted by molar-refractivity contribution is 0.121. The molecule has 18 heavy (non-hydrogen) atoms. The Kier molecular flexibility index (Phi) is 4.65. The third kappa shape index (κ3) is 3.49. The Hall–Kier alpha value is -1.02. The molecular formula is C16H24O2. The van der Waals surface area contributed by atoms with Gasteiger partial charge in [0, 0.05) is 0 Å². The molecule has 2 heteroatoms. The summed E-state index contributed by atoms with van der Waals surface area (Å²) in [5.74, 6) is 1.72. The van der Waals surface area contributed by atoms with Gasteiger partial charge in [-0.2, -0.15) is 0 Å². The highest BCUT2D eigenvalue weighted by Gasteiger charge is 2.22. The van der Waals surface area contributed by atoms with Crippen molar-refractivity contribution in [1.82, 2.24) is 0 Å². The van der Waals surface area contributed by atoms with Gasteiger partial charge in [0.05, 0.1) is 12.2 Å². The van der Waals surface area contributed by atoms with Gasteiger partial charge >= 0.3 is 0 Å². The number of rotatable bonds is 4. The molecule has 1 aromatic rings. The van der Waals surface area contributed by atoms with E-state index in [1.54, 1.807) is 6.92 Å². The third-order valence-electron chi connectivity index (χ3n) is 3.96. The summed E-state index contributed by atoms with van der Waals surface area (Å²) in [6.45, 7) is 4.05. The number of hydrogen-bond donors (Lipinski definition) is 1. The predicted molar refractivity (Wildman–Crippen MR) is 73.7 cm³/mol. The molecule has 2 unspecified atom stereocenters. The van der Waals surface area contributed by atoms with Crippen molar-refractivity contribution in [3.63, 3.8) is 0 Å². The molecule has 1 aliphatic rings. The zero-order valence-electron chi connectivity index (χ0n) is 11.4. The highest BCUT2D eigenvalue weighted by atomic mass is 16.5. The number of aliphatic hydroxyl groups is 1. The zero-order valence-corrected chi connectivity index (χ0v) is 11.4. The molecule has 1 saturated carbocycles. The first-order valence-corrected chi connectivity index (χ1v) is 7.13. The van der Waals surface area contributed by atoms with Crippen LogP contribution in [-0.4, -0.2) is 11.2 Å². The topological polar surface area (TPSA) is 29.5 Å². The zero-order chi connectivity index (χ0) is 13.0. The van der Waals surface area contributed by atoms with E-state index >= 15 is 0 Å². The van der Waals surface area contributed by atoms with Gasteiger partial charge in [-0.1, -0.05) is 31.9 Å². The van der Waals surface area contributed by atoms with Crippen LogP contribution in [0.15, 0.2) is 24.3 Å². The average molecular weight is 248 g/mol. The van der Waals surface area contributed by atoms with E-state index in [9.17, 15) is 5.11 Å². The summed E-state index contributed by atoms with van der Waals surface area (Å²) >= 11 is 0. The van der Waals surface area contributed by atoms with Crippen LogP contribution >= 0.6 is 0 Å². The maximum absolute atomic E-state index is 9.58. The molecule has 0 aliphatic heterocycles. The summed E-state index contributed by atoms with van der Waals surface area (Å²) in [6, 6.07) is 7.84. The number of hydrogen-bond acceptors (Lipinski definition) is 2. The van der Waals surface area contributed by atoms with Crippen LogP contribution in [0.1, 0.15) is 57.6 Å². The lowest BCUT2D eigenvalue weighted by atomic mass is 9.85. The van der Waals surface area contributed by atoms with Crippen molar-refractivity contribution in [3.05, 3.63) is 29.8 Å². The summed E-state index contributed by atoms with van der Waals surface area (Å²) in [7, 11) is 0. The minimum Gasteiger partial charge on any atom is -0.490 e. The first kappa shape index (κ1) is 13.4. The van der Waals surface area contributed by atoms with Gasteiger partial charge in [0.1, 0.15) is 5.75 Å². The van der Waals surface area contributed by atoms with E-state index in [1.165, 1.54) is 25.7 Å². The maximum atomic E-state index is 9.58. The van der Waals surface area contributed by atoms with Crippen LogP contribution < -0.4 is 4.74 Å². The number of benzene rings is 1. The third-order valence-corrected chi connectivity index (χ3v) is 3.96. The molecule has 0 aromatic heterocycles. The Morgan fingerprint density at radius 3 is 2.94 bits per heavy atom. The first-order valence-electron chi connectivity index (χ1n) is 7.13. The molecule has 0 radical (unpaired) electrons. The van der Waals surface area contributed by atoms with Crippen LogP contribution in [0.2, 0.25) is 0 Å². The van der Waals surface area contributed by atoms with E-state index < -0.39 is 6.10 Å². The number of aliphatic hydroxyl groups excluding tert-OH is 1. The maximum Gasteiger partial charge on any atom is 0.120 e. The molecule has 2 rings (SSSR count). The van der Waals surface area contributed by atoms with E-state index in [0.717, 1.165) is 23.7 Å². The summed E-state index contributed by atoms with van der Waals surface area (Å²) in [5.41, 5.74) is 0.926. The summed E-state index contributed by atoms with van der Waals surface area (Å²) in [5, 5.41) is 9.58. The van der Waals surface area contributed by atoms with Gasteiger partial charge < -0.3 is 9.84 Å². The van der Waals surface area contributed by atoms with Gasteiger partial charge in [0.2, 0.25) is 0 Å².